The molecule has 0 aliphatic carbocycles. The maximum atomic E-state index is 3.36. The molecule has 0 saturated heterocycles. The Morgan fingerprint density at radius 2 is 1.27 bits per heavy atom. The van der Waals surface area contributed by atoms with Gasteiger partial charge in [-0.3, -0.25) is 0 Å². The van der Waals surface area contributed by atoms with Crippen LogP contribution in [0.3, 0.4) is 0 Å². The van der Waals surface area contributed by atoms with Crippen LogP contribution < -0.4 is 0 Å². The second-order valence-corrected chi connectivity index (χ2v) is 4.76. The van der Waals surface area contributed by atoms with Crippen LogP contribution in [-0.2, 0) is 0 Å². The highest BCUT2D eigenvalue weighted by Gasteiger charge is 2.19. The molecule has 0 rings (SSSR count). The molecule has 90 valence electrons. The topological polar surface area (TPSA) is 0 Å². The van der Waals surface area contributed by atoms with Crippen molar-refractivity contribution in [3.05, 3.63) is 24.8 Å². The van der Waals surface area contributed by atoms with Gasteiger partial charge in [0.05, 0.1) is 0 Å². The van der Waals surface area contributed by atoms with Gasteiger partial charge in [-0.25, -0.2) is 0 Å². The first kappa shape index (κ1) is 16.9. The lowest BCUT2D eigenvalue weighted by molar-refractivity contribution is 0.251. The Kier molecular flexibility index (Phi) is 11.3. The first-order valence-corrected chi connectivity index (χ1v) is 6.12. The molecule has 3 unspecified atom stereocenters. The minimum atomic E-state index is 0.715. The van der Waals surface area contributed by atoms with Gasteiger partial charge in [0.15, 0.2) is 0 Å². The van der Waals surface area contributed by atoms with Crippen LogP contribution in [-0.4, -0.2) is 0 Å². The summed E-state index contributed by atoms with van der Waals surface area (Å²) in [4.78, 5) is 0. The van der Waals surface area contributed by atoms with Crippen molar-refractivity contribution in [3.8, 4) is 0 Å². The summed E-state index contributed by atoms with van der Waals surface area (Å²) in [5.74, 6) is 3.12. The minimum Gasteiger partial charge on any atom is -0.103 e. The molecule has 0 fully saturated rings. The summed E-state index contributed by atoms with van der Waals surface area (Å²) in [5, 5.41) is 0. The van der Waals surface area contributed by atoms with Crippen LogP contribution in [0, 0.1) is 23.7 Å². The van der Waals surface area contributed by atoms with E-state index in [4.69, 9.17) is 0 Å². The largest absolute Gasteiger partial charge is 0.103 e. The fourth-order valence-corrected chi connectivity index (χ4v) is 1.56. The number of allylic oxidation sites excluding steroid dienone is 3. The standard InChI is InChI=1S/C12H24.C3H6/c1-7-8-10(4)12(6)11(5)9(2)3;1-3-2/h7-12H,1-6H3;3H,1H2,2H3/b8-7-;. The Bertz CT molecular complexity index is 165. The monoisotopic (exact) mass is 210 g/mol. The summed E-state index contributed by atoms with van der Waals surface area (Å²) in [7, 11) is 0. The zero-order valence-corrected chi connectivity index (χ0v) is 11.7. The molecule has 0 aromatic heterocycles. The lowest BCUT2D eigenvalue weighted by Crippen LogP contribution is -2.19. The summed E-state index contributed by atoms with van der Waals surface area (Å²) >= 11 is 0. The van der Waals surface area contributed by atoms with E-state index in [0.717, 1.165) is 17.8 Å². The molecule has 15 heavy (non-hydrogen) atoms. The Morgan fingerprint density at radius 3 is 1.53 bits per heavy atom. The fourth-order valence-electron chi connectivity index (χ4n) is 1.56. The van der Waals surface area contributed by atoms with Crippen molar-refractivity contribution in [3.63, 3.8) is 0 Å². The Balaban J connectivity index is 0. The smallest absolute Gasteiger partial charge is 0.0234 e. The van der Waals surface area contributed by atoms with E-state index in [0.29, 0.717) is 5.92 Å². The average Bonchev–Trinajstić information content (AvgIpc) is 2.17. The first-order valence-electron chi connectivity index (χ1n) is 6.12. The molecular weight excluding hydrogens is 180 g/mol. The molecule has 0 aliphatic heterocycles. The predicted molar refractivity (Wildman–Crippen MR) is 73.0 cm³/mol. The second kappa shape index (κ2) is 10.0. The highest BCUT2D eigenvalue weighted by Crippen LogP contribution is 2.27. The van der Waals surface area contributed by atoms with Crippen LogP contribution in [0.1, 0.15) is 48.5 Å². The third-order valence-electron chi connectivity index (χ3n) is 3.21. The third-order valence-corrected chi connectivity index (χ3v) is 3.21. The van der Waals surface area contributed by atoms with Crippen LogP contribution in [0.2, 0.25) is 0 Å². The van der Waals surface area contributed by atoms with Gasteiger partial charge in [0.1, 0.15) is 0 Å². The van der Waals surface area contributed by atoms with E-state index in [1.807, 2.05) is 6.92 Å². The van der Waals surface area contributed by atoms with Crippen molar-refractivity contribution in [2.24, 2.45) is 23.7 Å². The van der Waals surface area contributed by atoms with Gasteiger partial charge in [-0.15, -0.1) is 6.58 Å². The van der Waals surface area contributed by atoms with Crippen LogP contribution in [0.5, 0.6) is 0 Å². The summed E-state index contributed by atoms with van der Waals surface area (Å²) in [6.45, 7) is 19.0. The maximum Gasteiger partial charge on any atom is -0.0234 e. The van der Waals surface area contributed by atoms with Crippen molar-refractivity contribution in [1.29, 1.82) is 0 Å². The van der Waals surface area contributed by atoms with Crippen molar-refractivity contribution < 1.29 is 0 Å². The van der Waals surface area contributed by atoms with E-state index in [1.165, 1.54) is 0 Å². The van der Waals surface area contributed by atoms with Crippen molar-refractivity contribution in [2.45, 2.75) is 48.5 Å². The zero-order chi connectivity index (χ0) is 12.4. The predicted octanol–water partition coefficient (Wildman–Crippen LogP) is 5.32. The fraction of sp³-hybridized carbons (Fsp3) is 0.733. The normalized spacial score (nSPS) is 16.8. The van der Waals surface area contributed by atoms with Crippen molar-refractivity contribution in [2.75, 3.05) is 0 Å². The SMILES string of the molecule is C/C=C\C(C)C(C)C(C)C(C)C.C=CC. The molecule has 0 aromatic rings. The van der Waals surface area contributed by atoms with Crippen LogP contribution >= 0.6 is 0 Å². The summed E-state index contributed by atoms with van der Waals surface area (Å²) in [6, 6.07) is 0. The minimum absolute atomic E-state index is 0.715. The molecule has 0 radical (unpaired) electrons. The quantitative estimate of drug-likeness (QED) is 0.551. The molecule has 0 amide bonds. The van der Waals surface area contributed by atoms with Crippen LogP contribution in [0.15, 0.2) is 24.8 Å². The van der Waals surface area contributed by atoms with Gasteiger partial charge in [0.2, 0.25) is 0 Å². The summed E-state index contributed by atoms with van der Waals surface area (Å²) in [6.07, 6.45) is 6.22. The first-order chi connectivity index (χ1) is 6.92. The molecule has 0 heteroatoms. The van der Waals surface area contributed by atoms with Crippen molar-refractivity contribution in [1.82, 2.24) is 0 Å². The van der Waals surface area contributed by atoms with Gasteiger partial charge in [0, 0.05) is 0 Å². The Morgan fingerprint density at radius 1 is 0.867 bits per heavy atom. The van der Waals surface area contributed by atoms with E-state index in [1.54, 1.807) is 6.08 Å². The van der Waals surface area contributed by atoms with E-state index in [9.17, 15) is 0 Å². The lowest BCUT2D eigenvalue weighted by atomic mass is 9.79. The Labute approximate surface area is 97.5 Å². The molecule has 0 nitrogen and oxygen atoms in total. The lowest BCUT2D eigenvalue weighted by Gasteiger charge is -2.27. The molecule has 0 aliphatic rings. The third kappa shape index (κ3) is 8.47. The van der Waals surface area contributed by atoms with Gasteiger partial charge in [-0.05, 0) is 37.5 Å². The van der Waals surface area contributed by atoms with Crippen molar-refractivity contribution >= 4 is 0 Å². The van der Waals surface area contributed by atoms with E-state index in [-0.39, 0.29) is 0 Å². The molecule has 0 saturated carbocycles. The molecule has 0 heterocycles. The number of rotatable bonds is 4. The van der Waals surface area contributed by atoms with Gasteiger partial charge in [0.25, 0.3) is 0 Å². The molecule has 0 aromatic carbocycles. The van der Waals surface area contributed by atoms with Gasteiger partial charge in [-0.1, -0.05) is 52.8 Å². The van der Waals surface area contributed by atoms with E-state index < -0.39 is 0 Å². The Hall–Kier alpha value is -0.520. The summed E-state index contributed by atoms with van der Waals surface area (Å²) < 4.78 is 0. The van der Waals surface area contributed by atoms with Gasteiger partial charge < -0.3 is 0 Å². The van der Waals surface area contributed by atoms with Gasteiger partial charge >= 0.3 is 0 Å². The number of hydrogen-bond donors (Lipinski definition) is 0. The summed E-state index contributed by atoms with van der Waals surface area (Å²) in [5.41, 5.74) is 0. The van der Waals surface area contributed by atoms with E-state index in [2.05, 4.69) is 60.3 Å². The second-order valence-electron chi connectivity index (χ2n) is 4.76. The molecule has 0 spiro atoms. The van der Waals surface area contributed by atoms with Crippen LogP contribution in [0.4, 0.5) is 0 Å². The highest BCUT2D eigenvalue weighted by molar-refractivity contribution is 4.87. The molecule has 0 bridgehead atoms. The molecule has 0 N–H and O–H groups in total. The molecular formula is C15H30. The average molecular weight is 210 g/mol. The highest BCUT2D eigenvalue weighted by atomic mass is 14.2. The van der Waals surface area contributed by atoms with Crippen LogP contribution in [0.25, 0.3) is 0 Å². The number of hydrogen-bond acceptors (Lipinski definition) is 0. The molecule has 3 atom stereocenters. The van der Waals surface area contributed by atoms with Gasteiger partial charge in [-0.2, -0.15) is 0 Å². The maximum absolute atomic E-state index is 3.36. The zero-order valence-electron chi connectivity index (χ0n) is 11.7. The van der Waals surface area contributed by atoms with E-state index >= 15 is 0 Å².